The standard InChI is InChI=1S/C13H18BrN3O3/c1-4-19-11-5-9(7-16-17-13(15)18)10(14)6-12(11)20-8(2)3/h5-8H,4H2,1-3H3,(H3,15,17,18). The van der Waals surface area contributed by atoms with Crippen molar-refractivity contribution in [1.29, 1.82) is 0 Å². The van der Waals surface area contributed by atoms with Crippen molar-refractivity contribution in [2.24, 2.45) is 10.8 Å². The van der Waals surface area contributed by atoms with E-state index in [1.807, 2.05) is 20.8 Å². The Morgan fingerprint density at radius 2 is 2.20 bits per heavy atom. The summed E-state index contributed by atoms with van der Waals surface area (Å²) in [5.74, 6) is 1.26. The van der Waals surface area contributed by atoms with Gasteiger partial charge in [0.15, 0.2) is 11.5 Å². The lowest BCUT2D eigenvalue weighted by molar-refractivity contribution is 0.223. The fourth-order valence-electron chi connectivity index (χ4n) is 1.43. The summed E-state index contributed by atoms with van der Waals surface area (Å²) in [4.78, 5) is 10.6. The number of nitrogens with two attached hydrogens (primary N) is 1. The fourth-order valence-corrected chi connectivity index (χ4v) is 1.85. The van der Waals surface area contributed by atoms with Crippen LogP contribution < -0.4 is 20.6 Å². The van der Waals surface area contributed by atoms with E-state index in [4.69, 9.17) is 15.2 Å². The topological polar surface area (TPSA) is 85.9 Å². The van der Waals surface area contributed by atoms with Gasteiger partial charge in [0.2, 0.25) is 0 Å². The molecular weight excluding hydrogens is 326 g/mol. The number of rotatable bonds is 6. The molecule has 7 heteroatoms. The SMILES string of the molecule is CCOc1cc(C=NNC(N)=O)c(Br)cc1OC(C)C. The molecule has 0 aliphatic heterocycles. The van der Waals surface area contributed by atoms with E-state index in [0.717, 1.165) is 10.0 Å². The van der Waals surface area contributed by atoms with Crippen LogP contribution in [0, 0.1) is 0 Å². The normalized spacial score (nSPS) is 10.8. The Hall–Kier alpha value is -1.76. The third-order valence-electron chi connectivity index (χ3n) is 2.10. The smallest absolute Gasteiger partial charge is 0.332 e. The van der Waals surface area contributed by atoms with Gasteiger partial charge in [0, 0.05) is 10.0 Å². The number of carbonyl (C=O) groups is 1. The molecular formula is C13H18BrN3O3. The number of hydrogen-bond acceptors (Lipinski definition) is 4. The Balaban J connectivity index is 3.05. The average molecular weight is 344 g/mol. The maximum Gasteiger partial charge on any atom is 0.332 e. The highest BCUT2D eigenvalue weighted by molar-refractivity contribution is 9.10. The highest BCUT2D eigenvalue weighted by Gasteiger charge is 2.11. The van der Waals surface area contributed by atoms with Crippen LogP contribution in [0.1, 0.15) is 26.3 Å². The molecule has 1 aromatic carbocycles. The van der Waals surface area contributed by atoms with E-state index in [9.17, 15) is 4.79 Å². The van der Waals surface area contributed by atoms with Crippen LogP contribution in [0.4, 0.5) is 4.79 Å². The minimum absolute atomic E-state index is 0.0390. The van der Waals surface area contributed by atoms with Crippen LogP contribution in [0.2, 0.25) is 0 Å². The van der Waals surface area contributed by atoms with Crippen LogP contribution in [0.25, 0.3) is 0 Å². The summed E-state index contributed by atoms with van der Waals surface area (Å²) < 4.78 is 12.0. The Kier molecular flexibility index (Phi) is 6.30. The van der Waals surface area contributed by atoms with Crippen molar-refractivity contribution in [2.75, 3.05) is 6.61 Å². The van der Waals surface area contributed by atoms with Crippen molar-refractivity contribution in [3.8, 4) is 11.5 Å². The molecule has 20 heavy (non-hydrogen) atoms. The van der Waals surface area contributed by atoms with Crippen LogP contribution in [-0.4, -0.2) is 25.0 Å². The van der Waals surface area contributed by atoms with Gasteiger partial charge < -0.3 is 15.2 Å². The molecule has 0 unspecified atom stereocenters. The van der Waals surface area contributed by atoms with Gasteiger partial charge >= 0.3 is 6.03 Å². The quantitative estimate of drug-likeness (QED) is 0.614. The van der Waals surface area contributed by atoms with Gasteiger partial charge in [0.1, 0.15) is 0 Å². The summed E-state index contributed by atoms with van der Waals surface area (Å²) in [6, 6.07) is 2.86. The van der Waals surface area contributed by atoms with Crippen LogP contribution in [0.5, 0.6) is 11.5 Å². The summed E-state index contributed by atoms with van der Waals surface area (Å²) in [5, 5.41) is 3.72. The molecule has 0 spiro atoms. The first-order chi connectivity index (χ1) is 9.43. The first-order valence-electron chi connectivity index (χ1n) is 6.15. The number of ether oxygens (including phenoxy) is 2. The second kappa shape index (κ2) is 7.74. The molecule has 0 fully saturated rings. The fraction of sp³-hybridized carbons (Fsp3) is 0.385. The van der Waals surface area contributed by atoms with Crippen molar-refractivity contribution in [1.82, 2.24) is 5.43 Å². The van der Waals surface area contributed by atoms with Crippen molar-refractivity contribution in [2.45, 2.75) is 26.9 Å². The molecule has 0 aliphatic rings. The van der Waals surface area contributed by atoms with Gasteiger partial charge in [-0.1, -0.05) is 0 Å². The molecule has 2 amide bonds. The number of carbonyl (C=O) groups excluding carboxylic acids is 1. The number of nitrogens with one attached hydrogen (secondary N) is 1. The molecule has 0 bridgehead atoms. The Labute approximate surface area is 126 Å². The highest BCUT2D eigenvalue weighted by Crippen LogP contribution is 2.33. The first-order valence-corrected chi connectivity index (χ1v) is 6.94. The van der Waals surface area contributed by atoms with E-state index >= 15 is 0 Å². The molecule has 0 aromatic heterocycles. The van der Waals surface area contributed by atoms with E-state index in [-0.39, 0.29) is 6.10 Å². The summed E-state index contributed by atoms with van der Waals surface area (Å²) in [7, 11) is 0. The Morgan fingerprint density at radius 3 is 2.75 bits per heavy atom. The van der Waals surface area contributed by atoms with Gasteiger partial charge in [-0.25, -0.2) is 10.2 Å². The number of halogens is 1. The van der Waals surface area contributed by atoms with E-state index in [1.165, 1.54) is 6.21 Å². The van der Waals surface area contributed by atoms with Gasteiger partial charge in [0.05, 0.1) is 18.9 Å². The van der Waals surface area contributed by atoms with Gasteiger partial charge in [-0.15, -0.1) is 0 Å². The molecule has 0 aliphatic carbocycles. The molecule has 0 atom stereocenters. The zero-order valence-corrected chi connectivity index (χ0v) is 13.2. The van der Waals surface area contributed by atoms with Crippen molar-refractivity contribution < 1.29 is 14.3 Å². The monoisotopic (exact) mass is 343 g/mol. The van der Waals surface area contributed by atoms with Gasteiger partial charge in [-0.05, 0) is 48.8 Å². The third-order valence-corrected chi connectivity index (χ3v) is 2.79. The predicted molar refractivity (Wildman–Crippen MR) is 81.4 cm³/mol. The predicted octanol–water partition coefficient (Wildman–Crippen LogP) is 2.64. The average Bonchev–Trinajstić information content (AvgIpc) is 2.33. The molecule has 3 N–H and O–H groups in total. The number of amides is 2. The summed E-state index contributed by atoms with van der Waals surface area (Å²) in [6.07, 6.45) is 1.51. The van der Waals surface area contributed by atoms with Gasteiger partial charge in [-0.3, -0.25) is 0 Å². The number of primary amides is 1. The van der Waals surface area contributed by atoms with E-state index < -0.39 is 6.03 Å². The molecule has 0 saturated carbocycles. The summed E-state index contributed by atoms with van der Waals surface area (Å²) >= 11 is 3.42. The lowest BCUT2D eigenvalue weighted by atomic mass is 10.2. The van der Waals surface area contributed by atoms with Crippen LogP contribution in [-0.2, 0) is 0 Å². The molecule has 0 saturated heterocycles. The molecule has 0 radical (unpaired) electrons. The molecule has 110 valence electrons. The van der Waals surface area contributed by atoms with Crippen molar-refractivity contribution in [3.63, 3.8) is 0 Å². The van der Waals surface area contributed by atoms with E-state index in [0.29, 0.717) is 18.1 Å². The number of hydrogen-bond donors (Lipinski definition) is 2. The van der Waals surface area contributed by atoms with Crippen LogP contribution >= 0.6 is 15.9 Å². The first kappa shape index (κ1) is 16.3. The van der Waals surface area contributed by atoms with E-state index in [1.54, 1.807) is 12.1 Å². The third kappa shape index (κ3) is 5.08. The van der Waals surface area contributed by atoms with E-state index in [2.05, 4.69) is 26.5 Å². The number of benzene rings is 1. The number of hydrazone groups is 1. The lowest BCUT2D eigenvalue weighted by Gasteiger charge is -2.15. The van der Waals surface area contributed by atoms with Gasteiger partial charge in [-0.2, -0.15) is 5.10 Å². The summed E-state index contributed by atoms with van der Waals surface area (Å²) in [6.45, 7) is 6.29. The number of urea groups is 1. The molecule has 1 rings (SSSR count). The lowest BCUT2D eigenvalue weighted by Crippen LogP contribution is -2.24. The summed E-state index contributed by atoms with van der Waals surface area (Å²) in [5.41, 5.74) is 7.80. The zero-order chi connectivity index (χ0) is 15.1. The van der Waals surface area contributed by atoms with Crippen LogP contribution in [0.3, 0.4) is 0 Å². The van der Waals surface area contributed by atoms with Crippen LogP contribution in [0.15, 0.2) is 21.7 Å². The maximum atomic E-state index is 10.6. The number of nitrogens with zero attached hydrogens (tertiary/aromatic N) is 1. The zero-order valence-electron chi connectivity index (χ0n) is 11.6. The van der Waals surface area contributed by atoms with Crippen molar-refractivity contribution in [3.05, 3.63) is 22.2 Å². The second-order valence-electron chi connectivity index (χ2n) is 4.15. The second-order valence-corrected chi connectivity index (χ2v) is 5.01. The Bertz CT molecular complexity index is 504. The van der Waals surface area contributed by atoms with Crippen molar-refractivity contribution >= 4 is 28.2 Å². The molecule has 1 aromatic rings. The van der Waals surface area contributed by atoms with Gasteiger partial charge in [0.25, 0.3) is 0 Å². The largest absolute Gasteiger partial charge is 0.490 e. The molecule has 6 nitrogen and oxygen atoms in total. The highest BCUT2D eigenvalue weighted by atomic mass is 79.9. The minimum atomic E-state index is -0.720. The Morgan fingerprint density at radius 1 is 1.50 bits per heavy atom. The molecule has 0 heterocycles. The maximum absolute atomic E-state index is 10.6. The minimum Gasteiger partial charge on any atom is -0.490 e.